The molecule has 276 valence electrons. The fourth-order valence-electron chi connectivity index (χ4n) is 5.84. The summed E-state index contributed by atoms with van der Waals surface area (Å²) in [5.74, 6) is -0.779. The molecule has 2 N–H and O–H groups in total. The van der Waals surface area contributed by atoms with Gasteiger partial charge in [0, 0.05) is 0 Å². The minimum atomic E-state index is -5.03. The normalized spacial score (nSPS) is 15.1. The van der Waals surface area contributed by atoms with Gasteiger partial charge in [0.1, 0.15) is 0 Å². The van der Waals surface area contributed by atoms with Gasteiger partial charge in [-0.3, -0.25) is 0 Å². The Morgan fingerprint density at radius 3 is 1.54 bits per heavy atom. The number of halogens is 7. The van der Waals surface area contributed by atoms with Crippen molar-refractivity contribution in [1.82, 2.24) is 10.6 Å². The number of rotatable bonds is 10. The molecule has 0 spiro atoms. The van der Waals surface area contributed by atoms with Crippen LogP contribution >= 0.6 is 20.8 Å². The van der Waals surface area contributed by atoms with Crippen LogP contribution in [0.5, 0.6) is 0 Å². The predicted octanol–water partition coefficient (Wildman–Crippen LogP) is 9.82. The van der Waals surface area contributed by atoms with E-state index in [1.807, 2.05) is 13.8 Å². The molecule has 0 aliphatic rings. The molecule has 0 aliphatic carbocycles. The number of nitrogens with one attached hydrogen (secondary N) is 2. The van der Waals surface area contributed by atoms with Crippen molar-refractivity contribution in [3.63, 3.8) is 0 Å². The summed E-state index contributed by atoms with van der Waals surface area (Å²) in [5, 5.41) is 3.07. The first-order valence-corrected chi connectivity index (χ1v) is 20.8. The molecule has 3 aromatic carbocycles. The number of amides is 2. The van der Waals surface area contributed by atoms with E-state index in [1.165, 1.54) is 0 Å². The second-order valence-electron chi connectivity index (χ2n) is 15.1. The maximum atomic E-state index is 14.1. The van der Waals surface area contributed by atoms with Gasteiger partial charge in [-0.2, -0.15) is 0 Å². The van der Waals surface area contributed by atoms with Gasteiger partial charge < -0.3 is 0 Å². The van der Waals surface area contributed by atoms with Crippen molar-refractivity contribution in [3.05, 3.63) is 95.6 Å². The predicted molar refractivity (Wildman–Crippen MR) is 192 cm³/mol. The van der Waals surface area contributed by atoms with E-state index >= 15 is 0 Å². The SMILES string of the molecule is CC(C)[C@@H](CP(Br)(Cc1cc(C(F)(F)F)cc(C(F)(F)F)c1)(c1ccccc1)c1ccccc1)NC(=O)[C@@H](NC(=O)OC(C)(C)C)C(C)(C)C. The quantitative estimate of drug-likeness (QED) is 0.159. The first-order chi connectivity index (χ1) is 22.7. The Bertz CT molecular complexity index is 1560. The Labute approximate surface area is 298 Å². The Balaban J connectivity index is 2.27. The van der Waals surface area contributed by atoms with Crippen LogP contribution in [0.25, 0.3) is 0 Å². The van der Waals surface area contributed by atoms with Crippen molar-refractivity contribution in [1.29, 1.82) is 0 Å². The summed E-state index contributed by atoms with van der Waals surface area (Å²) in [6, 6.07) is 17.8. The fourth-order valence-corrected chi connectivity index (χ4v) is 14.3. The third kappa shape index (κ3) is 10.2. The number of carbonyl (C=O) groups is 2. The van der Waals surface area contributed by atoms with Crippen molar-refractivity contribution in [2.45, 2.75) is 91.6 Å². The van der Waals surface area contributed by atoms with Crippen molar-refractivity contribution in [3.8, 4) is 0 Å². The van der Waals surface area contributed by atoms with Gasteiger partial charge in [-0.05, 0) is 0 Å². The van der Waals surface area contributed by atoms with Crippen LogP contribution in [0.4, 0.5) is 31.1 Å². The van der Waals surface area contributed by atoms with Crippen LogP contribution in [0, 0.1) is 11.3 Å². The van der Waals surface area contributed by atoms with E-state index in [1.54, 1.807) is 102 Å². The van der Waals surface area contributed by atoms with Crippen LogP contribution in [0.2, 0.25) is 0 Å². The summed E-state index contributed by atoms with van der Waals surface area (Å²) >= 11 is 4.13. The van der Waals surface area contributed by atoms with Crippen LogP contribution in [-0.4, -0.2) is 35.8 Å². The average Bonchev–Trinajstić information content (AvgIpc) is 2.98. The first-order valence-electron chi connectivity index (χ1n) is 16.2. The summed E-state index contributed by atoms with van der Waals surface area (Å²) in [6.45, 7) is 14.2. The average molecular weight is 792 g/mol. The first kappa shape index (κ1) is 41.3. The number of carbonyl (C=O) groups excluding carboxylic acids is 2. The van der Waals surface area contributed by atoms with Gasteiger partial charge in [0.05, 0.1) is 0 Å². The van der Waals surface area contributed by atoms with E-state index < -0.39 is 63.9 Å². The number of benzene rings is 3. The molecule has 50 heavy (non-hydrogen) atoms. The second kappa shape index (κ2) is 14.9. The number of ether oxygens (including phenoxy) is 1. The molecule has 0 saturated carbocycles. The number of hydrogen-bond acceptors (Lipinski definition) is 3. The summed E-state index contributed by atoms with van der Waals surface area (Å²) in [7, 11) is 0. The van der Waals surface area contributed by atoms with Crippen molar-refractivity contribution in [2.24, 2.45) is 11.3 Å². The van der Waals surface area contributed by atoms with Gasteiger partial charge in [-0.1, -0.05) is 0 Å². The summed E-state index contributed by atoms with van der Waals surface area (Å²) in [4.78, 5) is 26.9. The molecule has 3 aromatic rings. The van der Waals surface area contributed by atoms with E-state index in [2.05, 4.69) is 26.1 Å². The third-order valence-corrected chi connectivity index (χ3v) is 17.6. The number of hydrogen-bond donors (Lipinski definition) is 2. The zero-order chi connectivity index (χ0) is 37.9. The molecule has 13 heteroatoms. The van der Waals surface area contributed by atoms with Gasteiger partial charge in [0.15, 0.2) is 0 Å². The van der Waals surface area contributed by atoms with Crippen molar-refractivity contribution >= 4 is 43.4 Å². The summed E-state index contributed by atoms with van der Waals surface area (Å²) in [6.07, 6.45) is -11.0. The molecule has 0 aliphatic heterocycles. The molecule has 0 radical (unpaired) electrons. The van der Waals surface area contributed by atoms with Crippen LogP contribution in [0.15, 0.2) is 78.9 Å². The Morgan fingerprint density at radius 1 is 0.740 bits per heavy atom. The third-order valence-electron chi connectivity index (χ3n) is 8.35. The van der Waals surface area contributed by atoms with E-state index in [9.17, 15) is 35.9 Å². The topological polar surface area (TPSA) is 67.4 Å². The molecule has 0 aromatic heterocycles. The molecular weight excluding hydrogens is 745 g/mol. The molecule has 0 unspecified atom stereocenters. The van der Waals surface area contributed by atoms with Gasteiger partial charge in [0.2, 0.25) is 0 Å². The van der Waals surface area contributed by atoms with Crippen LogP contribution in [0.3, 0.4) is 0 Å². The van der Waals surface area contributed by atoms with E-state index in [-0.39, 0.29) is 29.9 Å². The standard InChI is InChI=1S/C37H46BrF6N2O3P/c1-24(2)30(45-32(47)31(34(3,4)5)46-33(48)49-35(6,7)8)23-50(38,28-15-11-9-12-16-28,29-17-13-10-14-18-29)22-25-19-26(36(39,40)41)21-27(20-25)37(42,43)44/h9-21,24,30-31H,22-23H2,1-8H3,(H,45,47)(H,46,48)/t30-,31-/m1/s1. The Morgan fingerprint density at radius 2 is 1.18 bits per heavy atom. The van der Waals surface area contributed by atoms with Crippen LogP contribution < -0.4 is 21.2 Å². The Kier molecular flexibility index (Phi) is 12.3. The second-order valence-corrected chi connectivity index (χ2v) is 24.7. The minimum absolute atomic E-state index is 0.115. The Hall–Kier alpha value is -3.11. The van der Waals surface area contributed by atoms with Crippen molar-refractivity contribution in [2.75, 3.05) is 6.16 Å². The molecule has 0 bridgehead atoms. The molecule has 2 amide bonds. The number of alkyl halides is 6. The molecule has 5 nitrogen and oxygen atoms in total. The van der Waals surface area contributed by atoms with Gasteiger partial charge in [-0.15, -0.1) is 0 Å². The van der Waals surface area contributed by atoms with E-state index in [4.69, 9.17) is 4.74 Å². The zero-order valence-electron chi connectivity index (χ0n) is 29.5. The molecule has 0 fully saturated rings. The van der Waals surface area contributed by atoms with E-state index in [0.717, 1.165) is 12.1 Å². The number of alkyl carbamates (subject to hydrolysis) is 1. The molecule has 0 saturated heterocycles. The molecule has 0 heterocycles. The molecule has 3 rings (SSSR count). The zero-order valence-corrected chi connectivity index (χ0v) is 31.9. The van der Waals surface area contributed by atoms with Crippen LogP contribution in [-0.2, 0) is 28.0 Å². The van der Waals surface area contributed by atoms with Crippen LogP contribution in [0.1, 0.15) is 72.1 Å². The van der Waals surface area contributed by atoms with Gasteiger partial charge in [0.25, 0.3) is 0 Å². The van der Waals surface area contributed by atoms with E-state index in [0.29, 0.717) is 10.6 Å². The van der Waals surface area contributed by atoms with Gasteiger partial charge in [-0.25, -0.2) is 0 Å². The summed E-state index contributed by atoms with van der Waals surface area (Å²) < 4.78 is 89.8. The van der Waals surface area contributed by atoms with Crippen molar-refractivity contribution < 1.29 is 40.7 Å². The maximum absolute atomic E-state index is 14.1. The summed E-state index contributed by atoms with van der Waals surface area (Å²) in [5.41, 5.74) is -4.57. The molecular formula is C37H46BrF6N2O3P. The molecule has 2 atom stereocenters. The van der Waals surface area contributed by atoms with Gasteiger partial charge >= 0.3 is 299 Å². The monoisotopic (exact) mass is 790 g/mol. The fraction of sp³-hybridized carbons (Fsp3) is 0.459.